The molecule has 0 bridgehead atoms. The summed E-state index contributed by atoms with van der Waals surface area (Å²) < 4.78 is 19.8. The zero-order chi connectivity index (χ0) is 6.78. The van der Waals surface area contributed by atoms with Gasteiger partial charge in [-0.05, 0) is 0 Å². The topological polar surface area (TPSA) is 34.1 Å². The highest BCUT2D eigenvalue weighted by molar-refractivity contribution is 9.13. The summed E-state index contributed by atoms with van der Waals surface area (Å²) in [5.41, 5.74) is 0. The van der Waals surface area contributed by atoms with Crippen molar-refractivity contribution in [2.75, 3.05) is 5.33 Å². The number of rotatable bonds is 2. The number of hydrogen-bond acceptors (Lipinski definition) is 2. The molecule has 1 atom stereocenters. The Morgan fingerprint density at radius 3 is 2.00 bits per heavy atom. The van der Waals surface area contributed by atoms with Crippen molar-refractivity contribution in [1.29, 1.82) is 0 Å². The molecule has 1 unspecified atom stereocenters. The second kappa shape index (κ2) is 3.39. The maximum Gasteiger partial charge on any atom is 0.246 e. The lowest BCUT2D eigenvalue weighted by atomic mass is 11.0. The van der Waals surface area contributed by atoms with E-state index in [1.54, 1.807) is 0 Å². The first kappa shape index (κ1) is 9.20. The molecule has 0 radical (unpaired) electrons. The van der Waals surface area contributed by atoms with Gasteiger partial charge in [0.1, 0.15) is 4.16 Å². The van der Waals surface area contributed by atoms with Crippen LogP contribution in [0, 0.1) is 0 Å². The number of hydrogen-bond donors (Lipinski definition) is 0. The maximum atomic E-state index is 10.3. The highest BCUT2D eigenvalue weighted by Crippen LogP contribution is 2.15. The van der Waals surface area contributed by atoms with Crippen molar-refractivity contribution in [3.63, 3.8) is 0 Å². The van der Waals surface area contributed by atoms with Gasteiger partial charge in [0.05, 0.1) is 0 Å². The van der Waals surface area contributed by atoms with E-state index in [-0.39, 0.29) is 0 Å². The van der Waals surface area contributed by atoms with Crippen LogP contribution < -0.4 is 0 Å². The van der Waals surface area contributed by atoms with Crippen LogP contribution in [0.15, 0.2) is 0 Å². The molecule has 0 heterocycles. The highest BCUT2D eigenvalue weighted by Gasteiger charge is 2.16. The van der Waals surface area contributed by atoms with Gasteiger partial charge in [-0.3, -0.25) is 0 Å². The summed E-state index contributed by atoms with van der Waals surface area (Å²) >= 11 is 5.77. The smallest absolute Gasteiger partial charge is 0.211 e. The van der Waals surface area contributed by atoms with Crippen LogP contribution in [0.1, 0.15) is 0 Å². The summed E-state index contributed by atoms with van der Waals surface area (Å²) in [6.07, 6.45) is 0. The van der Waals surface area contributed by atoms with Crippen LogP contribution in [0.2, 0.25) is 0 Å². The largest absolute Gasteiger partial charge is 0.246 e. The molecule has 0 rings (SSSR count). The summed E-state index contributed by atoms with van der Waals surface area (Å²) in [5, 5.41) is 0.304. The minimum absolute atomic E-state index is 0.304. The van der Waals surface area contributed by atoms with Gasteiger partial charge in [0.25, 0.3) is 0 Å². The molecule has 0 aromatic rings. The predicted molar refractivity (Wildman–Crippen MR) is 41.3 cm³/mol. The lowest BCUT2D eigenvalue weighted by molar-refractivity contribution is 0.609. The third-order valence-corrected chi connectivity index (χ3v) is 6.24. The molecule has 8 heavy (non-hydrogen) atoms. The summed E-state index contributed by atoms with van der Waals surface area (Å²) in [5.74, 6) is 0. The van der Waals surface area contributed by atoms with E-state index < -0.39 is 13.2 Å². The molecular weight excluding hydrogens is 283 g/mol. The first-order valence-electron chi connectivity index (χ1n) is 1.62. The lowest BCUT2D eigenvalue weighted by Crippen LogP contribution is -2.08. The lowest BCUT2D eigenvalue weighted by Gasteiger charge is -1.96. The zero-order valence-corrected chi connectivity index (χ0v) is 8.39. The van der Waals surface area contributed by atoms with E-state index in [1.807, 2.05) is 0 Å². The van der Waals surface area contributed by atoms with Crippen molar-refractivity contribution >= 4 is 51.6 Å². The minimum Gasteiger partial charge on any atom is -0.211 e. The van der Waals surface area contributed by atoms with Crippen LogP contribution in [-0.4, -0.2) is 17.9 Å². The molecule has 0 aliphatic rings. The molecule has 0 aromatic carbocycles. The van der Waals surface area contributed by atoms with Gasteiger partial charge >= 0.3 is 0 Å². The van der Waals surface area contributed by atoms with Crippen molar-refractivity contribution in [2.45, 2.75) is 4.16 Å². The van der Waals surface area contributed by atoms with Gasteiger partial charge in [0.15, 0.2) is 0 Å². The van der Waals surface area contributed by atoms with Crippen LogP contribution in [0.25, 0.3) is 0 Å². The maximum absolute atomic E-state index is 10.3. The van der Waals surface area contributed by atoms with E-state index >= 15 is 0 Å². The molecule has 2 nitrogen and oxygen atoms in total. The number of halogens is 3. The van der Waals surface area contributed by atoms with E-state index in [2.05, 4.69) is 31.9 Å². The van der Waals surface area contributed by atoms with Crippen molar-refractivity contribution in [1.82, 2.24) is 0 Å². The zero-order valence-electron chi connectivity index (χ0n) is 3.64. The monoisotopic (exact) mass is 284 g/mol. The Kier molecular flexibility index (Phi) is 3.90. The highest BCUT2D eigenvalue weighted by atomic mass is 79.9. The van der Waals surface area contributed by atoms with Gasteiger partial charge in [0, 0.05) is 16.0 Å². The van der Waals surface area contributed by atoms with E-state index in [0.29, 0.717) is 5.33 Å². The average Bonchev–Trinajstić information content (AvgIpc) is 1.62. The number of alkyl halides is 2. The van der Waals surface area contributed by atoms with E-state index in [4.69, 9.17) is 10.7 Å². The first-order chi connectivity index (χ1) is 3.48. The molecule has 0 saturated carbocycles. The fourth-order valence-electron chi connectivity index (χ4n) is 0.0752. The SMILES string of the molecule is O=S(=O)(Cl)C(Br)CBr. The van der Waals surface area contributed by atoms with Crippen molar-refractivity contribution in [2.24, 2.45) is 0 Å². The van der Waals surface area contributed by atoms with Crippen LogP contribution in [0.4, 0.5) is 0 Å². The summed E-state index contributed by atoms with van der Waals surface area (Å²) in [4.78, 5) is 0. The molecule has 50 valence electrons. The summed E-state index contributed by atoms with van der Waals surface area (Å²) in [6, 6.07) is 0. The van der Waals surface area contributed by atoms with Gasteiger partial charge < -0.3 is 0 Å². The van der Waals surface area contributed by atoms with E-state index in [0.717, 1.165) is 0 Å². The normalized spacial score (nSPS) is 15.9. The summed E-state index contributed by atoms with van der Waals surface area (Å²) in [6.45, 7) is 0. The second-order valence-electron chi connectivity index (χ2n) is 1.04. The van der Waals surface area contributed by atoms with Gasteiger partial charge in [-0.2, -0.15) is 0 Å². The predicted octanol–water partition coefficient (Wildman–Crippen LogP) is 1.67. The van der Waals surface area contributed by atoms with Gasteiger partial charge in [-0.1, -0.05) is 31.9 Å². The van der Waals surface area contributed by atoms with E-state index in [1.165, 1.54) is 0 Å². The molecule has 0 aliphatic heterocycles. The van der Waals surface area contributed by atoms with Crippen LogP contribution in [0.5, 0.6) is 0 Å². The van der Waals surface area contributed by atoms with Crippen LogP contribution >= 0.6 is 42.5 Å². The summed E-state index contributed by atoms with van der Waals surface area (Å²) in [7, 11) is 1.47. The molecular formula is C2H3Br2ClO2S. The fraction of sp³-hybridized carbons (Fsp3) is 1.00. The van der Waals surface area contributed by atoms with E-state index in [9.17, 15) is 8.42 Å². The van der Waals surface area contributed by atoms with Crippen molar-refractivity contribution < 1.29 is 8.42 Å². The molecule has 0 fully saturated rings. The quantitative estimate of drug-likeness (QED) is 0.571. The molecule has 0 aliphatic carbocycles. The van der Waals surface area contributed by atoms with Gasteiger partial charge in [-0.25, -0.2) is 8.42 Å². The Bertz CT molecular complexity index is 153. The minimum atomic E-state index is -3.41. The molecule has 0 aromatic heterocycles. The molecule has 0 saturated heterocycles. The Hall–Kier alpha value is 1.20. The standard InChI is InChI=1S/C2H3Br2ClO2S/c3-1-2(4)8(5,6)7/h2H,1H2. The molecule has 0 amide bonds. The Morgan fingerprint density at radius 2 is 2.00 bits per heavy atom. The van der Waals surface area contributed by atoms with Crippen LogP contribution in [-0.2, 0) is 9.05 Å². The van der Waals surface area contributed by atoms with Crippen molar-refractivity contribution in [3.05, 3.63) is 0 Å². The Labute approximate surface area is 69.3 Å². The van der Waals surface area contributed by atoms with Crippen LogP contribution in [0.3, 0.4) is 0 Å². The average molecular weight is 286 g/mol. The Balaban J connectivity index is 4.04. The van der Waals surface area contributed by atoms with Crippen molar-refractivity contribution in [3.8, 4) is 0 Å². The molecule has 6 heteroatoms. The fourth-order valence-corrected chi connectivity index (χ4v) is 1.92. The first-order valence-corrected chi connectivity index (χ1v) is 6.03. The Morgan fingerprint density at radius 1 is 1.62 bits per heavy atom. The van der Waals surface area contributed by atoms with Gasteiger partial charge in [-0.15, -0.1) is 0 Å². The third-order valence-electron chi connectivity index (χ3n) is 0.427. The van der Waals surface area contributed by atoms with Gasteiger partial charge in [0.2, 0.25) is 9.05 Å². The third kappa shape index (κ3) is 3.27. The second-order valence-corrected chi connectivity index (χ2v) is 6.21. The molecule has 0 spiro atoms. The molecule has 0 N–H and O–H groups in total.